The third kappa shape index (κ3) is 6.20. The van der Waals surface area contributed by atoms with Gasteiger partial charge in [0.25, 0.3) is 0 Å². The smallest absolute Gasteiger partial charge is 0.339 e. The number of anilines is 1. The van der Waals surface area contributed by atoms with Crippen LogP contribution in [0.3, 0.4) is 0 Å². The maximum absolute atomic E-state index is 12.7. The molecule has 1 N–H and O–H groups in total. The summed E-state index contributed by atoms with van der Waals surface area (Å²) >= 11 is 6.06. The highest BCUT2D eigenvalue weighted by Gasteiger charge is 2.21. The Morgan fingerprint density at radius 2 is 1.72 bits per heavy atom. The molecule has 29 heavy (non-hydrogen) atoms. The molecular weight excluding hydrogens is 416 g/mol. The first kappa shape index (κ1) is 22.7. The SMILES string of the molecule is CC(=O)Nc1ccc(S(=O)(=O)Oc2ccc(Cl)cc2CN(C(C)=O)C(C)C)cc1. The maximum Gasteiger partial charge on any atom is 0.339 e. The standard InChI is InChI=1S/C20H23ClN2O5S/c1-13(2)23(15(4)25)12-16-11-17(21)5-10-20(16)28-29(26,27)19-8-6-18(7-9-19)22-14(3)24/h5-11,13H,12H2,1-4H3,(H,22,24). The van der Waals surface area contributed by atoms with E-state index in [2.05, 4.69) is 5.32 Å². The molecule has 2 amide bonds. The Balaban J connectivity index is 2.32. The van der Waals surface area contributed by atoms with Crippen LogP contribution in [-0.2, 0) is 26.3 Å². The molecule has 0 aliphatic rings. The number of nitrogens with zero attached hydrogens (tertiary/aromatic N) is 1. The summed E-state index contributed by atoms with van der Waals surface area (Å²) in [7, 11) is -4.13. The minimum Gasteiger partial charge on any atom is -0.379 e. The van der Waals surface area contributed by atoms with E-state index >= 15 is 0 Å². The predicted octanol–water partition coefficient (Wildman–Crippen LogP) is 3.82. The number of nitrogens with one attached hydrogen (secondary N) is 1. The lowest BCUT2D eigenvalue weighted by Crippen LogP contribution is -2.34. The number of benzene rings is 2. The summed E-state index contributed by atoms with van der Waals surface area (Å²) in [6.45, 7) is 6.68. The number of amides is 2. The first-order valence-electron chi connectivity index (χ1n) is 8.87. The summed E-state index contributed by atoms with van der Waals surface area (Å²) in [6.07, 6.45) is 0. The molecule has 2 aromatic rings. The zero-order valence-corrected chi connectivity index (χ0v) is 18.2. The van der Waals surface area contributed by atoms with Gasteiger partial charge in [-0.05, 0) is 56.3 Å². The largest absolute Gasteiger partial charge is 0.379 e. The van der Waals surface area contributed by atoms with Gasteiger partial charge in [-0.25, -0.2) is 0 Å². The van der Waals surface area contributed by atoms with Crippen molar-refractivity contribution in [2.45, 2.75) is 45.2 Å². The second-order valence-electron chi connectivity index (χ2n) is 6.74. The highest BCUT2D eigenvalue weighted by atomic mass is 35.5. The number of halogens is 1. The molecule has 0 bridgehead atoms. The average Bonchev–Trinajstić information content (AvgIpc) is 2.61. The molecule has 0 aliphatic heterocycles. The molecule has 156 valence electrons. The Kier molecular flexibility index (Phi) is 7.26. The number of carbonyl (C=O) groups is 2. The van der Waals surface area contributed by atoms with Crippen molar-refractivity contribution in [1.82, 2.24) is 4.90 Å². The van der Waals surface area contributed by atoms with Gasteiger partial charge in [-0.1, -0.05) is 11.6 Å². The molecule has 0 aliphatic carbocycles. The zero-order chi connectivity index (χ0) is 21.8. The van der Waals surface area contributed by atoms with Crippen LogP contribution < -0.4 is 9.50 Å². The monoisotopic (exact) mass is 438 g/mol. The van der Waals surface area contributed by atoms with E-state index in [0.717, 1.165) is 0 Å². The van der Waals surface area contributed by atoms with Crippen molar-refractivity contribution in [2.75, 3.05) is 5.32 Å². The maximum atomic E-state index is 12.7. The summed E-state index contributed by atoms with van der Waals surface area (Å²) in [4.78, 5) is 24.5. The van der Waals surface area contributed by atoms with Crippen LogP contribution >= 0.6 is 11.6 Å². The van der Waals surface area contributed by atoms with Crippen LogP contribution in [0.5, 0.6) is 5.75 Å². The highest BCUT2D eigenvalue weighted by molar-refractivity contribution is 7.87. The van der Waals surface area contributed by atoms with Crippen LogP contribution in [0, 0.1) is 0 Å². The lowest BCUT2D eigenvalue weighted by molar-refractivity contribution is -0.131. The molecule has 0 unspecified atom stereocenters. The lowest BCUT2D eigenvalue weighted by atomic mass is 10.1. The van der Waals surface area contributed by atoms with E-state index in [0.29, 0.717) is 16.3 Å². The third-order valence-corrected chi connectivity index (χ3v) is 5.54. The van der Waals surface area contributed by atoms with E-state index in [1.807, 2.05) is 13.8 Å². The topological polar surface area (TPSA) is 92.8 Å². The van der Waals surface area contributed by atoms with Crippen molar-refractivity contribution in [1.29, 1.82) is 0 Å². The Labute approximate surface area is 175 Å². The van der Waals surface area contributed by atoms with E-state index in [1.54, 1.807) is 11.0 Å². The molecule has 0 atom stereocenters. The molecule has 7 nitrogen and oxygen atoms in total. The van der Waals surface area contributed by atoms with Crippen LogP contribution in [0.15, 0.2) is 47.4 Å². The minimum absolute atomic E-state index is 0.0696. The summed E-state index contributed by atoms with van der Waals surface area (Å²) < 4.78 is 30.7. The molecule has 0 saturated heterocycles. The van der Waals surface area contributed by atoms with Crippen LogP contribution in [0.1, 0.15) is 33.3 Å². The average molecular weight is 439 g/mol. The first-order chi connectivity index (χ1) is 13.5. The van der Waals surface area contributed by atoms with Crippen LogP contribution in [0.25, 0.3) is 0 Å². The molecule has 9 heteroatoms. The van der Waals surface area contributed by atoms with Crippen molar-refractivity contribution in [3.05, 3.63) is 53.1 Å². The van der Waals surface area contributed by atoms with Crippen molar-refractivity contribution in [3.63, 3.8) is 0 Å². The predicted molar refractivity (Wildman–Crippen MR) is 111 cm³/mol. The van der Waals surface area contributed by atoms with Gasteiger partial charge in [-0.2, -0.15) is 8.42 Å². The molecule has 0 fully saturated rings. The number of hydrogen-bond donors (Lipinski definition) is 1. The van der Waals surface area contributed by atoms with Gasteiger partial charge in [0.1, 0.15) is 10.6 Å². The fourth-order valence-corrected chi connectivity index (χ4v) is 3.83. The van der Waals surface area contributed by atoms with Gasteiger partial charge in [-0.3, -0.25) is 9.59 Å². The van der Waals surface area contributed by atoms with Crippen LogP contribution in [-0.4, -0.2) is 31.2 Å². The van der Waals surface area contributed by atoms with Gasteiger partial charge in [0.05, 0.1) is 0 Å². The Morgan fingerprint density at radius 1 is 1.10 bits per heavy atom. The molecule has 0 radical (unpaired) electrons. The summed E-state index contributed by atoms with van der Waals surface area (Å²) in [6, 6.07) is 10.1. The number of hydrogen-bond acceptors (Lipinski definition) is 5. The van der Waals surface area contributed by atoms with Crippen molar-refractivity contribution in [3.8, 4) is 5.75 Å². The van der Waals surface area contributed by atoms with Crippen molar-refractivity contribution >= 4 is 39.2 Å². The van der Waals surface area contributed by atoms with E-state index < -0.39 is 10.1 Å². The lowest BCUT2D eigenvalue weighted by Gasteiger charge is -2.26. The van der Waals surface area contributed by atoms with Gasteiger partial charge >= 0.3 is 10.1 Å². The summed E-state index contributed by atoms with van der Waals surface area (Å²) in [5.74, 6) is -0.322. The highest BCUT2D eigenvalue weighted by Crippen LogP contribution is 2.28. The van der Waals surface area contributed by atoms with Crippen molar-refractivity contribution < 1.29 is 22.2 Å². The van der Waals surface area contributed by atoms with Gasteiger partial charge < -0.3 is 14.4 Å². The second kappa shape index (κ2) is 9.28. The van der Waals surface area contributed by atoms with E-state index in [-0.39, 0.29) is 35.0 Å². The second-order valence-corrected chi connectivity index (χ2v) is 8.72. The van der Waals surface area contributed by atoms with Crippen molar-refractivity contribution in [2.24, 2.45) is 0 Å². The first-order valence-corrected chi connectivity index (χ1v) is 10.7. The van der Waals surface area contributed by atoms with Gasteiger partial charge in [0.15, 0.2) is 0 Å². The Hall–Kier alpha value is -2.58. The molecule has 2 aromatic carbocycles. The minimum atomic E-state index is -4.13. The van der Waals surface area contributed by atoms with E-state index in [4.69, 9.17) is 15.8 Å². The normalized spacial score (nSPS) is 11.2. The van der Waals surface area contributed by atoms with Crippen LogP contribution in [0.4, 0.5) is 5.69 Å². The molecule has 0 spiro atoms. The molecular formula is C20H23ClN2O5S. The summed E-state index contributed by atoms with van der Waals surface area (Å²) in [5, 5.41) is 2.96. The molecule has 0 heterocycles. The van der Waals surface area contributed by atoms with E-state index in [9.17, 15) is 18.0 Å². The summed E-state index contributed by atoms with van der Waals surface area (Å²) in [5.41, 5.74) is 0.942. The zero-order valence-electron chi connectivity index (χ0n) is 16.6. The van der Waals surface area contributed by atoms with Gasteiger partial charge in [0, 0.05) is 42.7 Å². The third-order valence-electron chi connectivity index (χ3n) is 4.05. The fourth-order valence-electron chi connectivity index (χ4n) is 2.67. The Morgan fingerprint density at radius 3 is 2.24 bits per heavy atom. The number of rotatable bonds is 7. The van der Waals surface area contributed by atoms with Crippen LogP contribution in [0.2, 0.25) is 5.02 Å². The molecule has 0 aromatic heterocycles. The molecule has 0 saturated carbocycles. The number of carbonyl (C=O) groups excluding carboxylic acids is 2. The van der Waals surface area contributed by atoms with Gasteiger partial charge in [0.2, 0.25) is 11.8 Å². The quantitative estimate of drug-likeness (QED) is 0.663. The molecule has 2 rings (SSSR count). The van der Waals surface area contributed by atoms with Gasteiger partial charge in [-0.15, -0.1) is 0 Å². The van der Waals surface area contributed by atoms with E-state index in [1.165, 1.54) is 50.2 Å². The fraction of sp³-hybridized carbons (Fsp3) is 0.300. The Bertz CT molecular complexity index is 1000.